The van der Waals surface area contributed by atoms with E-state index >= 15 is 0 Å². The quantitative estimate of drug-likeness (QED) is 0.589. The Bertz CT molecular complexity index is 330. The van der Waals surface area contributed by atoms with Crippen molar-refractivity contribution in [2.24, 2.45) is 5.92 Å². The molecule has 1 rings (SSSR count). The van der Waals surface area contributed by atoms with Crippen LogP contribution in [0.3, 0.4) is 0 Å². The zero-order chi connectivity index (χ0) is 13.1. The maximum Gasteiger partial charge on any atom is 0.408 e. The number of amides is 1. The third-order valence-corrected chi connectivity index (χ3v) is 2.29. The summed E-state index contributed by atoms with van der Waals surface area (Å²) in [6.45, 7) is 5.40. The number of rotatable bonds is 2. The van der Waals surface area contributed by atoms with E-state index in [1.54, 1.807) is 32.9 Å². The highest BCUT2D eigenvalue weighted by molar-refractivity contribution is 5.75. The van der Waals surface area contributed by atoms with E-state index < -0.39 is 11.7 Å². The summed E-state index contributed by atoms with van der Waals surface area (Å²) in [5.41, 5.74) is -0.520. The predicted octanol–water partition coefficient (Wildman–Crippen LogP) is 1.63. The normalized spacial score (nSPS) is 23.3. The molecule has 1 amide bonds. The van der Waals surface area contributed by atoms with Gasteiger partial charge in [-0.05, 0) is 27.2 Å². The zero-order valence-corrected chi connectivity index (χ0v) is 10.6. The largest absolute Gasteiger partial charge is 0.469 e. The Hall–Kier alpha value is -1.52. The molecule has 0 aromatic rings. The van der Waals surface area contributed by atoms with E-state index in [2.05, 4.69) is 10.1 Å². The Balaban J connectivity index is 2.39. The highest BCUT2D eigenvalue weighted by Gasteiger charge is 2.27. The molecule has 0 spiro atoms. The second-order valence-electron chi connectivity index (χ2n) is 5.00. The number of nitrogens with one attached hydrogen (secondary N) is 1. The van der Waals surface area contributed by atoms with E-state index in [-0.39, 0.29) is 17.9 Å². The molecule has 0 aliphatic heterocycles. The van der Waals surface area contributed by atoms with E-state index in [0.29, 0.717) is 6.42 Å². The van der Waals surface area contributed by atoms with Crippen LogP contribution in [-0.4, -0.2) is 30.8 Å². The van der Waals surface area contributed by atoms with Crippen molar-refractivity contribution in [2.45, 2.75) is 38.8 Å². The number of carbonyl (C=O) groups excluding carboxylic acids is 2. The van der Waals surface area contributed by atoms with Crippen LogP contribution in [0.5, 0.6) is 0 Å². The van der Waals surface area contributed by atoms with Gasteiger partial charge in [0.15, 0.2) is 0 Å². The smallest absolute Gasteiger partial charge is 0.408 e. The number of hydrogen-bond acceptors (Lipinski definition) is 4. The van der Waals surface area contributed by atoms with Gasteiger partial charge < -0.3 is 14.8 Å². The summed E-state index contributed by atoms with van der Waals surface area (Å²) in [5, 5.41) is 2.69. The Morgan fingerprint density at radius 2 is 1.94 bits per heavy atom. The number of ether oxygens (including phenoxy) is 2. The summed E-state index contributed by atoms with van der Waals surface area (Å²) < 4.78 is 9.76. The first kappa shape index (κ1) is 13.5. The minimum atomic E-state index is -0.520. The van der Waals surface area contributed by atoms with Crippen molar-refractivity contribution >= 4 is 12.1 Å². The van der Waals surface area contributed by atoms with E-state index in [1.165, 1.54) is 7.11 Å². The summed E-state index contributed by atoms with van der Waals surface area (Å²) in [5.74, 6) is -0.560. The highest BCUT2D eigenvalue weighted by Crippen LogP contribution is 2.19. The topological polar surface area (TPSA) is 64.6 Å². The van der Waals surface area contributed by atoms with Gasteiger partial charge in [-0.25, -0.2) is 4.79 Å². The first-order chi connectivity index (χ1) is 7.81. The fourth-order valence-corrected chi connectivity index (χ4v) is 1.59. The van der Waals surface area contributed by atoms with Crippen LogP contribution < -0.4 is 5.32 Å². The third kappa shape index (κ3) is 4.46. The average molecular weight is 241 g/mol. The molecule has 96 valence electrons. The molecule has 0 aromatic carbocycles. The minimum Gasteiger partial charge on any atom is -0.469 e. The monoisotopic (exact) mass is 241 g/mol. The fourth-order valence-electron chi connectivity index (χ4n) is 1.59. The van der Waals surface area contributed by atoms with Crippen LogP contribution in [0.25, 0.3) is 0 Å². The lowest BCUT2D eigenvalue weighted by atomic mass is 10.1. The maximum atomic E-state index is 11.5. The molecule has 0 saturated heterocycles. The SMILES string of the molecule is COC(=O)[C@@H]1C=C[C@H](NC(=O)OC(C)(C)C)C1. The molecular formula is C12H19NO4. The Labute approximate surface area is 101 Å². The van der Waals surface area contributed by atoms with E-state index in [9.17, 15) is 9.59 Å². The zero-order valence-electron chi connectivity index (χ0n) is 10.6. The van der Waals surface area contributed by atoms with Crippen LogP contribution in [0.4, 0.5) is 4.79 Å². The van der Waals surface area contributed by atoms with Gasteiger partial charge in [-0.3, -0.25) is 4.79 Å². The Kier molecular flexibility index (Phi) is 4.15. The van der Waals surface area contributed by atoms with Crippen molar-refractivity contribution in [3.63, 3.8) is 0 Å². The van der Waals surface area contributed by atoms with Gasteiger partial charge in [0.05, 0.1) is 19.1 Å². The van der Waals surface area contributed by atoms with Crippen LogP contribution in [0.2, 0.25) is 0 Å². The third-order valence-electron chi connectivity index (χ3n) is 2.29. The van der Waals surface area contributed by atoms with Crippen LogP contribution in [-0.2, 0) is 14.3 Å². The van der Waals surface area contributed by atoms with Gasteiger partial charge in [0, 0.05) is 0 Å². The number of alkyl carbamates (subject to hydrolysis) is 1. The average Bonchev–Trinajstić information content (AvgIpc) is 2.62. The van der Waals surface area contributed by atoms with Crippen molar-refractivity contribution in [1.82, 2.24) is 5.32 Å². The van der Waals surface area contributed by atoms with E-state index in [4.69, 9.17) is 4.74 Å². The molecule has 0 saturated carbocycles. The van der Waals surface area contributed by atoms with Gasteiger partial charge >= 0.3 is 12.1 Å². The lowest BCUT2D eigenvalue weighted by Crippen LogP contribution is -2.38. The molecule has 5 heteroatoms. The number of esters is 1. The molecular weight excluding hydrogens is 222 g/mol. The molecule has 0 radical (unpaired) electrons. The molecule has 1 aliphatic carbocycles. The molecule has 0 aromatic heterocycles. The van der Waals surface area contributed by atoms with Gasteiger partial charge in [-0.1, -0.05) is 12.2 Å². The molecule has 1 aliphatic rings. The molecule has 0 fully saturated rings. The van der Waals surface area contributed by atoms with Gasteiger partial charge in [-0.2, -0.15) is 0 Å². The molecule has 17 heavy (non-hydrogen) atoms. The summed E-state index contributed by atoms with van der Waals surface area (Å²) >= 11 is 0. The standard InChI is InChI=1S/C12H19NO4/c1-12(2,3)17-11(15)13-9-6-5-8(7-9)10(14)16-4/h5-6,8-9H,7H2,1-4H3,(H,13,15)/t8-,9+/m1/s1. The van der Waals surface area contributed by atoms with Crippen molar-refractivity contribution < 1.29 is 19.1 Å². The summed E-state index contributed by atoms with van der Waals surface area (Å²) in [4.78, 5) is 22.7. The van der Waals surface area contributed by atoms with Crippen LogP contribution in [0.15, 0.2) is 12.2 Å². The molecule has 0 unspecified atom stereocenters. The second-order valence-corrected chi connectivity index (χ2v) is 5.00. The highest BCUT2D eigenvalue weighted by atomic mass is 16.6. The van der Waals surface area contributed by atoms with Crippen molar-refractivity contribution in [1.29, 1.82) is 0 Å². The summed E-state index contributed by atoms with van der Waals surface area (Å²) in [7, 11) is 1.35. The van der Waals surface area contributed by atoms with Crippen LogP contribution in [0.1, 0.15) is 27.2 Å². The molecule has 1 N–H and O–H groups in total. The van der Waals surface area contributed by atoms with Gasteiger partial charge in [-0.15, -0.1) is 0 Å². The number of hydrogen-bond donors (Lipinski definition) is 1. The lowest BCUT2D eigenvalue weighted by molar-refractivity contribution is -0.143. The van der Waals surface area contributed by atoms with Crippen molar-refractivity contribution in [3.05, 3.63) is 12.2 Å². The van der Waals surface area contributed by atoms with Gasteiger partial charge in [0.2, 0.25) is 0 Å². The summed E-state index contributed by atoms with van der Waals surface area (Å²) in [6, 6.07) is -0.172. The van der Waals surface area contributed by atoms with Crippen LogP contribution >= 0.6 is 0 Å². The lowest BCUT2D eigenvalue weighted by Gasteiger charge is -2.21. The first-order valence-electron chi connectivity index (χ1n) is 5.57. The van der Waals surface area contributed by atoms with Crippen molar-refractivity contribution in [2.75, 3.05) is 7.11 Å². The first-order valence-corrected chi connectivity index (χ1v) is 5.57. The van der Waals surface area contributed by atoms with E-state index in [1.807, 2.05) is 0 Å². The fraction of sp³-hybridized carbons (Fsp3) is 0.667. The molecule has 5 nitrogen and oxygen atoms in total. The summed E-state index contributed by atoms with van der Waals surface area (Å²) in [6.07, 6.45) is 3.57. The van der Waals surface area contributed by atoms with Gasteiger partial charge in [0.25, 0.3) is 0 Å². The Morgan fingerprint density at radius 1 is 1.29 bits per heavy atom. The predicted molar refractivity (Wildman–Crippen MR) is 62.4 cm³/mol. The minimum absolute atomic E-state index is 0.172. The molecule has 0 bridgehead atoms. The van der Waals surface area contributed by atoms with Gasteiger partial charge in [0.1, 0.15) is 5.60 Å². The van der Waals surface area contributed by atoms with E-state index in [0.717, 1.165) is 0 Å². The maximum absolute atomic E-state index is 11.5. The Morgan fingerprint density at radius 3 is 2.47 bits per heavy atom. The van der Waals surface area contributed by atoms with Crippen LogP contribution in [0, 0.1) is 5.92 Å². The van der Waals surface area contributed by atoms with Crippen molar-refractivity contribution in [3.8, 4) is 0 Å². The number of carbonyl (C=O) groups is 2. The molecule has 0 heterocycles. The number of methoxy groups -OCH3 is 1. The second kappa shape index (κ2) is 5.21. The molecule has 2 atom stereocenters.